The average Bonchev–Trinajstić information content (AvgIpc) is 3.37. The quantitative estimate of drug-likeness (QED) is 0.755. The molecule has 150 valence electrons. The summed E-state index contributed by atoms with van der Waals surface area (Å²) in [6.45, 7) is 2.13. The first-order valence-electron chi connectivity index (χ1n) is 9.54. The predicted octanol–water partition coefficient (Wildman–Crippen LogP) is 2.38. The second-order valence-electron chi connectivity index (χ2n) is 7.68. The van der Waals surface area contributed by atoms with Crippen LogP contribution in [0.25, 0.3) is 0 Å². The van der Waals surface area contributed by atoms with Gasteiger partial charge in [-0.1, -0.05) is 11.8 Å². The number of hydrogen-bond acceptors (Lipinski definition) is 6. The lowest BCUT2D eigenvalue weighted by molar-refractivity contribution is 0.171. The van der Waals surface area contributed by atoms with E-state index in [1.165, 1.54) is 0 Å². The van der Waals surface area contributed by atoms with E-state index >= 15 is 0 Å². The number of ether oxygens (including phenoxy) is 2. The minimum Gasteiger partial charge on any atom is -0.486 e. The van der Waals surface area contributed by atoms with E-state index in [9.17, 15) is 8.42 Å². The molecule has 0 spiro atoms. The van der Waals surface area contributed by atoms with E-state index in [-0.39, 0.29) is 4.90 Å². The van der Waals surface area contributed by atoms with E-state index < -0.39 is 10.0 Å². The Morgan fingerprint density at radius 3 is 2.50 bits per heavy atom. The third kappa shape index (κ3) is 3.19. The van der Waals surface area contributed by atoms with Crippen LogP contribution in [0.2, 0.25) is 0 Å². The Kier molecular flexibility index (Phi) is 4.56. The fourth-order valence-corrected chi connectivity index (χ4v) is 7.34. The number of fused-ring (bicyclic) bond motifs is 2. The maximum absolute atomic E-state index is 13.1. The molecule has 3 aliphatic rings. The van der Waals surface area contributed by atoms with Gasteiger partial charge >= 0.3 is 0 Å². The largest absolute Gasteiger partial charge is 0.486 e. The van der Waals surface area contributed by atoms with Crippen molar-refractivity contribution in [3.05, 3.63) is 30.6 Å². The normalized spacial score (nSPS) is 27.1. The van der Waals surface area contributed by atoms with Crippen LogP contribution in [0.15, 0.2) is 40.6 Å². The molecule has 1 saturated carbocycles. The number of thioether (sulfide) groups is 1. The van der Waals surface area contributed by atoms with E-state index in [0.29, 0.717) is 54.9 Å². The van der Waals surface area contributed by atoms with Crippen LogP contribution in [-0.2, 0) is 17.1 Å². The van der Waals surface area contributed by atoms with Gasteiger partial charge in [-0.25, -0.2) is 13.4 Å². The smallest absolute Gasteiger partial charge is 0.243 e. The molecule has 2 aromatic rings. The molecule has 2 fully saturated rings. The highest BCUT2D eigenvalue weighted by Crippen LogP contribution is 2.46. The number of hydrogen-bond donors (Lipinski definition) is 0. The Bertz CT molecular complexity index is 977. The van der Waals surface area contributed by atoms with Crippen LogP contribution in [0.4, 0.5) is 0 Å². The monoisotopic (exact) mass is 421 g/mol. The summed E-state index contributed by atoms with van der Waals surface area (Å²) < 4.78 is 41.0. The molecule has 0 radical (unpaired) electrons. The lowest BCUT2D eigenvalue weighted by atomic mass is 10.0. The molecule has 9 heteroatoms. The highest BCUT2D eigenvalue weighted by atomic mass is 32.2. The van der Waals surface area contributed by atoms with Crippen LogP contribution in [0.3, 0.4) is 0 Å². The first-order valence-corrected chi connectivity index (χ1v) is 11.9. The SMILES string of the molecule is Cn1ccnc1SC1C[C@@H]2CN(S(=O)(=O)c3ccc4c(c3)OCCO4)C[C@@H]2C1. The molecular formula is C19H23N3O4S2. The first kappa shape index (κ1) is 18.3. The van der Waals surface area contributed by atoms with Gasteiger partial charge in [0.2, 0.25) is 10.0 Å². The van der Waals surface area contributed by atoms with Gasteiger partial charge in [-0.3, -0.25) is 0 Å². The maximum Gasteiger partial charge on any atom is 0.243 e. The summed E-state index contributed by atoms with van der Waals surface area (Å²) in [5.41, 5.74) is 0. The standard InChI is InChI=1S/C19H23N3O4S2/c1-21-5-4-20-19(21)27-15-8-13-11-22(12-14(13)9-15)28(23,24)16-2-3-17-18(10-16)26-7-6-25-17/h2-5,10,13-15H,6-9,11-12H2,1H3/t13-,14+,15?. The molecule has 1 aliphatic carbocycles. The van der Waals surface area contributed by atoms with Crippen molar-refractivity contribution in [2.24, 2.45) is 18.9 Å². The first-order chi connectivity index (χ1) is 13.5. The molecule has 2 aliphatic heterocycles. The maximum atomic E-state index is 13.1. The van der Waals surface area contributed by atoms with Crippen LogP contribution < -0.4 is 9.47 Å². The van der Waals surface area contributed by atoms with Crippen molar-refractivity contribution in [1.82, 2.24) is 13.9 Å². The summed E-state index contributed by atoms with van der Waals surface area (Å²) in [7, 11) is -1.51. The van der Waals surface area contributed by atoms with Gasteiger partial charge in [0.25, 0.3) is 0 Å². The molecule has 1 saturated heterocycles. The van der Waals surface area contributed by atoms with Crippen molar-refractivity contribution < 1.29 is 17.9 Å². The molecule has 7 nitrogen and oxygen atoms in total. The van der Waals surface area contributed by atoms with Crippen LogP contribution >= 0.6 is 11.8 Å². The lowest BCUT2D eigenvalue weighted by Crippen LogP contribution is -2.30. The Morgan fingerprint density at radius 2 is 1.82 bits per heavy atom. The van der Waals surface area contributed by atoms with Crippen molar-refractivity contribution in [2.45, 2.75) is 28.1 Å². The van der Waals surface area contributed by atoms with Crippen molar-refractivity contribution in [3.63, 3.8) is 0 Å². The van der Waals surface area contributed by atoms with Crippen LogP contribution in [0.1, 0.15) is 12.8 Å². The number of aryl methyl sites for hydroxylation is 1. The Balaban J connectivity index is 1.27. The molecule has 28 heavy (non-hydrogen) atoms. The molecule has 1 aromatic heterocycles. The van der Waals surface area contributed by atoms with Gasteiger partial charge in [-0.2, -0.15) is 4.31 Å². The van der Waals surface area contributed by atoms with Crippen LogP contribution in [0, 0.1) is 11.8 Å². The Morgan fingerprint density at radius 1 is 1.11 bits per heavy atom. The molecule has 1 aromatic carbocycles. The van der Waals surface area contributed by atoms with Crippen molar-refractivity contribution in [3.8, 4) is 11.5 Å². The predicted molar refractivity (Wildman–Crippen MR) is 105 cm³/mol. The topological polar surface area (TPSA) is 73.7 Å². The van der Waals surface area contributed by atoms with E-state index in [1.54, 1.807) is 22.5 Å². The summed E-state index contributed by atoms with van der Waals surface area (Å²) >= 11 is 1.82. The fourth-order valence-electron chi connectivity index (χ4n) is 4.44. The van der Waals surface area contributed by atoms with Gasteiger partial charge in [0.15, 0.2) is 16.7 Å². The highest BCUT2D eigenvalue weighted by molar-refractivity contribution is 7.99. The molecule has 3 atom stereocenters. The zero-order valence-electron chi connectivity index (χ0n) is 15.7. The van der Waals surface area contributed by atoms with E-state index in [0.717, 1.165) is 18.0 Å². The molecule has 1 unspecified atom stereocenters. The second-order valence-corrected chi connectivity index (χ2v) is 10.9. The van der Waals surface area contributed by atoms with Gasteiger partial charge in [-0.05, 0) is 36.8 Å². The highest BCUT2D eigenvalue weighted by Gasteiger charge is 2.45. The van der Waals surface area contributed by atoms with Gasteiger partial charge in [-0.15, -0.1) is 0 Å². The van der Waals surface area contributed by atoms with Gasteiger partial charge in [0, 0.05) is 43.8 Å². The molecule has 0 bridgehead atoms. The number of imidazole rings is 1. The molecule has 0 N–H and O–H groups in total. The average molecular weight is 422 g/mol. The van der Waals surface area contributed by atoms with Crippen molar-refractivity contribution >= 4 is 21.8 Å². The minimum atomic E-state index is -3.51. The van der Waals surface area contributed by atoms with Gasteiger partial charge < -0.3 is 14.0 Å². The van der Waals surface area contributed by atoms with Crippen LogP contribution in [0.5, 0.6) is 11.5 Å². The third-order valence-corrected chi connectivity index (χ3v) is 9.02. The zero-order valence-corrected chi connectivity index (χ0v) is 17.3. The molecule has 0 amide bonds. The number of benzene rings is 1. The van der Waals surface area contributed by atoms with E-state index in [4.69, 9.17) is 9.47 Å². The summed E-state index contributed by atoms with van der Waals surface area (Å²) in [5.74, 6) is 1.96. The number of nitrogens with zero attached hydrogens (tertiary/aromatic N) is 3. The molecule has 3 heterocycles. The summed E-state index contributed by atoms with van der Waals surface area (Å²) in [6, 6.07) is 4.91. The van der Waals surface area contributed by atoms with Crippen molar-refractivity contribution in [2.75, 3.05) is 26.3 Å². The molecule has 5 rings (SSSR count). The summed E-state index contributed by atoms with van der Waals surface area (Å²) in [6.07, 6.45) is 5.85. The number of aromatic nitrogens is 2. The Labute approximate surface area is 169 Å². The number of sulfonamides is 1. The summed E-state index contributed by atoms with van der Waals surface area (Å²) in [5, 5.41) is 1.54. The lowest BCUT2D eigenvalue weighted by Gasteiger charge is -2.22. The van der Waals surface area contributed by atoms with Gasteiger partial charge in [0.1, 0.15) is 13.2 Å². The van der Waals surface area contributed by atoms with Crippen LogP contribution in [-0.4, -0.2) is 53.8 Å². The van der Waals surface area contributed by atoms with E-state index in [2.05, 4.69) is 4.98 Å². The Hall–Kier alpha value is -1.71. The number of rotatable bonds is 4. The summed E-state index contributed by atoms with van der Waals surface area (Å²) in [4.78, 5) is 4.69. The minimum absolute atomic E-state index is 0.288. The van der Waals surface area contributed by atoms with Crippen molar-refractivity contribution in [1.29, 1.82) is 0 Å². The third-order valence-electron chi connectivity index (χ3n) is 5.87. The molecular weight excluding hydrogens is 398 g/mol. The van der Waals surface area contributed by atoms with Gasteiger partial charge in [0.05, 0.1) is 4.90 Å². The zero-order chi connectivity index (χ0) is 19.3. The van der Waals surface area contributed by atoms with E-state index in [1.807, 2.05) is 35.8 Å². The fraction of sp³-hybridized carbons (Fsp3) is 0.526. The second kappa shape index (κ2) is 6.96.